The first-order valence-corrected chi connectivity index (χ1v) is 7.30. The van der Waals surface area contributed by atoms with E-state index in [1.807, 2.05) is 7.05 Å². The Morgan fingerprint density at radius 1 is 1.32 bits per heavy atom. The van der Waals surface area contributed by atoms with Crippen LogP contribution in [0.15, 0.2) is 12.1 Å². The number of pyridine rings is 1. The second-order valence-electron chi connectivity index (χ2n) is 6.69. The molecule has 0 aromatic carbocycles. The lowest BCUT2D eigenvalue weighted by Crippen LogP contribution is -2.38. The fraction of sp³-hybridized carbons (Fsp3) is 0.688. The summed E-state index contributed by atoms with van der Waals surface area (Å²) >= 11 is 0. The van der Waals surface area contributed by atoms with Gasteiger partial charge >= 0.3 is 0 Å². The highest BCUT2D eigenvalue weighted by Crippen LogP contribution is 2.30. The number of rotatable bonds is 4. The Hall–Kier alpha value is -1.09. The summed E-state index contributed by atoms with van der Waals surface area (Å²) in [5.74, 6) is 1.13. The molecule has 2 rings (SSSR count). The molecule has 0 unspecified atom stereocenters. The highest BCUT2D eigenvalue weighted by Gasteiger charge is 2.25. The molecule has 0 spiro atoms. The molecule has 3 nitrogen and oxygen atoms in total. The van der Waals surface area contributed by atoms with Crippen LogP contribution in [0.5, 0.6) is 0 Å². The minimum absolute atomic E-state index is 0.0962. The molecule has 1 aliphatic carbocycles. The Morgan fingerprint density at radius 2 is 2.00 bits per heavy atom. The van der Waals surface area contributed by atoms with Crippen molar-refractivity contribution in [3.63, 3.8) is 0 Å². The van der Waals surface area contributed by atoms with Crippen LogP contribution in [0.3, 0.4) is 0 Å². The van der Waals surface area contributed by atoms with E-state index in [1.54, 1.807) is 0 Å². The van der Waals surface area contributed by atoms with Crippen molar-refractivity contribution in [2.24, 2.45) is 0 Å². The quantitative estimate of drug-likeness (QED) is 0.903. The average molecular weight is 261 g/mol. The van der Waals surface area contributed by atoms with Crippen LogP contribution < -0.4 is 10.2 Å². The maximum Gasteiger partial charge on any atom is 0.129 e. The molecular weight excluding hydrogens is 234 g/mol. The third kappa shape index (κ3) is 3.27. The first-order valence-electron chi connectivity index (χ1n) is 7.30. The Kier molecular flexibility index (Phi) is 4.14. The summed E-state index contributed by atoms with van der Waals surface area (Å²) in [5.41, 5.74) is 2.60. The molecule has 0 aliphatic heterocycles. The van der Waals surface area contributed by atoms with Crippen LogP contribution in [-0.4, -0.2) is 25.1 Å². The van der Waals surface area contributed by atoms with Crippen LogP contribution >= 0.6 is 0 Å². The lowest BCUT2D eigenvalue weighted by molar-refractivity contribution is 0.398. The predicted octanol–water partition coefficient (Wildman–Crippen LogP) is 3.09. The monoisotopic (exact) mass is 261 g/mol. The molecular formula is C16H27N3. The molecule has 0 saturated heterocycles. The van der Waals surface area contributed by atoms with E-state index in [2.05, 4.69) is 50.2 Å². The lowest BCUT2D eigenvalue weighted by Gasteiger charge is -2.36. The first-order chi connectivity index (χ1) is 8.91. The summed E-state index contributed by atoms with van der Waals surface area (Å²) in [6, 6.07) is 5.14. The van der Waals surface area contributed by atoms with Gasteiger partial charge in [0, 0.05) is 30.7 Å². The summed E-state index contributed by atoms with van der Waals surface area (Å²) in [6.45, 7) is 7.58. The smallest absolute Gasteiger partial charge is 0.129 e. The van der Waals surface area contributed by atoms with Crippen LogP contribution in [0.2, 0.25) is 0 Å². The zero-order valence-corrected chi connectivity index (χ0v) is 13.0. The maximum atomic E-state index is 4.89. The molecule has 0 amide bonds. The van der Waals surface area contributed by atoms with Crippen LogP contribution in [0, 0.1) is 0 Å². The van der Waals surface area contributed by atoms with Gasteiger partial charge in [-0.3, -0.25) is 0 Å². The lowest BCUT2D eigenvalue weighted by atomic mass is 9.90. The number of nitrogens with one attached hydrogen (secondary N) is 1. The van der Waals surface area contributed by atoms with E-state index in [0.717, 1.165) is 12.4 Å². The summed E-state index contributed by atoms with van der Waals surface area (Å²) in [4.78, 5) is 7.25. The van der Waals surface area contributed by atoms with Crippen molar-refractivity contribution in [2.45, 2.75) is 58.0 Å². The molecule has 1 aliphatic rings. The Morgan fingerprint density at radius 3 is 2.47 bits per heavy atom. The number of hydrogen-bond acceptors (Lipinski definition) is 3. The molecule has 1 fully saturated rings. The van der Waals surface area contributed by atoms with Gasteiger partial charge in [-0.15, -0.1) is 0 Å². The second kappa shape index (κ2) is 5.49. The molecule has 106 valence electrons. The SMILES string of the molecule is CNCc1cc(N(C)C2CCC2)nc(C(C)(C)C)c1. The molecule has 19 heavy (non-hydrogen) atoms. The van der Waals surface area contributed by atoms with E-state index in [4.69, 9.17) is 4.98 Å². The van der Waals surface area contributed by atoms with E-state index in [0.29, 0.717) is 6.04 Å². The van der Waals surface area contributed by atoms with E-state index < -0.39 is 0 Å². The van der Waals surface area contributed by atoms with Gasteiger partial charge in [-0.1, -0.05) is 20.8 Å². The molecule has 0 bridgehead atoms. The molecule has 1 aromatic rings. The summed E-state index contributed by atoms with van der Waals surface area (Å²) < 4.78 is 0. The van der Waals surface area contributed by atoms with Crippen molar-refractivity contribution in [1.82, 2.24) is 10.3 Å². The second-order valence-corrected chi connectivity index (χ2v) is 6.69. The summed E-state index contributed by atoms with van der Waals surface area (Å²) in [6.07, 6.45) is 3.97. The van der Waals surface area contributed by atoms with Crippen molar-refractivity contribution in [3.8, 4) is 0 Å². The fourth-order valence-electron chi connectivity index (χ4n) is 2.40. The van der Waals surface area contributed by atoms with Crippen LogP contribution in [0.25, 0.3) is 0 Å². The highest BCUT2D eigenvalue weighted by molar-refractivity contribution is 5.44. The predicted molar refractivity (Wildman–Crippen MR) is 81.7 cm³/mol. The topological polar surface area (TPSA) is 28.2 Å². The van der Waals surface area contributed by atoms with Gasteiger partial charge in [0.2, 0.25) is 0 Å². The number of hydrogen-bond donors (Lipinski definition) is 1. The Balaban J connectivity index is 2.33. The van der Waals surface area contributed by atoms with Gasteiger partial charge in [0.05, 0.1) is 0 Å². The zero-order chi connectivity index (χ0) is 14.0. The molecule has 0 radical (unpaired) electrons. The van der Waals surface area contributed by atoms with Gasteiger partial charge in [0.1, 0.15) is 5.82 Å². The van der Waals surface area contributed by atoms with Gasteiger partial charge in [-0.2, -0.15) is 0 Å². The largest absolute Gasteiger partial charge is 0.357 e. The van der Waals surface area contributed by atoms with Crippen molar-refractivity contribution < 1.29 is 0 Å². The van der Waals surface area contributed by atoms with E-state index in [-0.39, 0.29) is 5.41 Å². The average Bonchev–Trinajstić information content (AvgIpc) is 2.25. The van der Waals surface area contributed by atoms with E-state index in [1.165, 1.54) is 30.5 Å². The molecule has 1 N–H and O–H groups in total. The van der Waals surface area contributed by atoms with Crippen molar-refractivity contribution >= 4 is 5.82 Å². The minimum Gasteiger partial charge on any atom is -0.357 e. The molecule has 3 heteroatoms. The number of nitrogens with zero attached hydrogens (tertiary/aromatic N) is 2. The Bertz CT molecular complexity index is 430. The highest BCUT2D eigenvalue weighted by atomic mass is 15.2. The van der Waals surface area contributed by atoms with Gasteiger partial charge in [0.25, 0.3) is 0 Å². The molecule has 1 aromatic heterocycles. The maximum absolute atomic E-state index is 4.89. The molecule has 1 saturated carbocycles. The molecule has 0 atom stereocenters. The third-order valence-electron chi connectivity index (χ3n) is 4.00. The standard InChI is InChI=1S/C16H27N3/c1-16(2,3)14-9-12(11-17-4)10-15(18-14)19(5)13-7-6-8-13/h9-10,13,17H,6-8,11H2,1-5H3. The minimum atomic E-state index is 0.0962. The first kappa shape index (κ1) is 14.3. The zero-order valence-electron chi connectivity index (χ0n) is 13.0. The number of aromatic nitrogens is 1. The van der Waals surface area contributed by atoms with Crippen molar-refractivity contribution in [2.75, 3.05) is 19.0 Å². The summed E-state index contributed by atoms with van der Waals surface area (Å²) in [5, 5.41) is 3.24. The van der Waals surface area contributed by atoms with Crippen molar-refractivity contribution in [3.05, 3.63) is 23.4 Å². The van der Waals surface area contributed by atoms with Crippen LogP contribution in [-0.2, 0) is 12.0 Å². The van der Waals surface area contributed by atoms with Gasteiger partial charge in [-0.05, 0) is 44.0 Å². The third-order valence-corrected chi connectivity index (χ3v) is 4.00. The number of anilines is 1. The fourth-order valence-corrected chi connectivity index (χ4v) is 2.40. The summed E-state index contributed by atoms with van der Waals surface area (Å²) in [7, 11) is 4.17. The van der Waals surface area contributed by atoms with Crippen LogP contribution in [0.4, 0.5) is 5.82 Å². The van der Waals surface area contributed by atoms with Crippen LogP contribution in [0.1, 0.15) is 51.3 Å². The van der Waals surface area contributed by atoms with Gasteiger partial charge < -0.3 is 10.2 Å². The molecule has 1 heterocycles. The van der Waals surface area contributed by atoms with E-state index in [9.17, 15) is 0 Å². The van der Waals surface area contributed by atoms with E-state index >= 15 is 0 Å². The van der Waals surface area contributed by atoms with Gasteiger partial charge in [0.15, 0.2) is 0 Å². The normalized spacial score (nSPS) is 16.3. The van der Waals surface area contributed by atoms with Crippen molar-refractivity contribution in [1.29, 1.82) is 0 Å². The van der Waals surface area contributed by atoms with Gasteiger partial charge in [-0.25, -0.2) is 4.98 Å². The Labute approximate surface area is 117 Å².